The Bertz CT molecular complexity index is 609. The fourth-order valence-corrected chi connectivity index (χ4v) is 2.93. The predicted molar refractivity (Wildman–Crippen MR) is 80.9 cm³/mol. The molecule has 2 nitrogen and oxygen atoms in total. The normalized spacial score (nSPS) is 21.4. The fraction of sp³-hybridized carbons (Fsp3) is 0.278. The highest BCUT2D eigenvalue weighted by Gasteiger charge is 2.27. The molecule has 0 amide bonds. The summed E-state index contributed by atoms with van der Waals surface area (Å²) in [7, 11) is 0. The molecule has 1 saturated heterocycles. The second-order valence-corrected chi connectivity index (χ2v) is 5.58. The Labute approximate surface area is 124 Å². The van der Waals surface area contributed by atoms with E-state index < -0.39 is 0 Å². The quantitative estimate of drug-likeness (QED) is 0.870. The molecule has 3 heteroatoms. The summed E-state index contributed by atoms with van der Waals surface area (Å²) in [5, 5.41) is 3.41. The Morgan fingerprint density at radius 3 is 2.52 bits per heavy atom. The van der Waals surface area contributed by atoms with Crippen LogP contribution in [0.3, 0.4) is 0 Å². The number of carbonyl (C=O) groups excluding carboxylic acids is 1. The van der Waals surface area contributed by atoms with Crippen molar-refractivity contribution in [1.29, 1.82) is 0 Å². The van der Waals surface area contributed by atoms with Crippen molar-refractivity contribution >= 4 is 5.78 Å². The van der Waals surface area contributed by atoms with Gasteiger partial charge in [-0.15, -0.1) is 0 Å². The number of benzene rings is 2. The second kappa shape index (κ2) is 6.19. The van der Waals surface area contributed by atoms with Gasteiger partial charge in [-0.1, -0.05) is 42.5 Å². The third-order valence-corrected chi connectivity index (χ3v) is 4.09. The van der Waals surface area contributed by atoms with Crippen molar-refractivity contribution in [2.45, 2.75) is 24.8 Å². The zero-order chi connectivity index (χ0) is 14.7. The number of Topliss-reactive ketones (excluding diaryl/α,β-unsaturated/α-hetero) is 1. The van der Waals surface area contributed by atoms with Crippen molar-refractivity contribution in [2.24, 2.45) is 0 Å². The van der Waals surface area contributed by atoms with E-state index in [1.165, 1.54) is 12.1 Å². The lowest BCUT2D eigenvalue weighted by molar-refractivity contribution is 0.0971. The van der Waals surface area contributed by atoms with Crippen molar-refractivity contribution in [3.63, 3.8) is 0 Å². The molecule has 3 rings (SSSR count). The average molecular weight is 283 g/mol. The number of nitrogens with one attached hydrogen (secondary N) is 1. The topological polar surface area (TPSA) is 29.1 Å². The van der Waals surface area contributed by atoms with Crippen LogP contribution < -0.4 is 5.32 Å². The molecule has 21 heavy (non-hydrogen) atoms. The van der Waals surface area contributed by atoms with Gasteiger partial charge in [-0.3, -0.25) is 4.79 Å². The van der Waals surface area contributed by atoms with Crippen LogP contribution in [0.4, 0.5) is 4.39 Å². The van der Waals surface area contributed by atoms with Gasteiger partial charge in [0.1, 0.15) is 5.82 Å². The molecule has 2 unspecified atom stereocenters. The zero-order valence-corrected chi connectivity index (χ0v) is 11.8. The molecule has 0 radical (unpaired) electrons. The van der Waals surface area contributed by atoms with Gasteiger partial charge in [0.25, 0.3) is 0 Å². The Hall–Kier alpha value is -2.00. The summed E-state index contributed by atoms with van der Waals surface area (Å²) < 4.78 is 12.9. The molecule has 1 fully saturated rings. The Morgan fingerprint density at radius 1 is 1.10 bits per heavy atom. The first kappa shape index (κ1) is 14.0. The lowest BCUT2D eigenvalue weighted by atomic mass is 9.94. The molecule has 2 atom stereocenters. The molecular formula is C18H18FNO. The first-order valence-electron chi connectivity index (χ1n) is 7.29. The molecule has 0 aromatic heterocycles. The first-order valence-corrected chi connectivity index (χ1v) is 7.29. The van der Waals surface area contributed by atoms with Crippen molar-refractivity contribution in [3.8, 4) is 0 Å². The molecule has 1 N–H and O–H groups in total. The summed E-state index contributed by atoms with van der Waals surface area (Å²) in [5.74, 6) is 0.326. The molecule has 2 aromatic carbocycles. The van der Waals surface area contributed by atoms with Gasteiger partial charge in [0.2, 0.25) is 0 Å². The van der Waals surface area contributed by atoms with Crippen LogP contribution in [0.2, 0.25) is 0 Å². The van der Waals surface area contributed by atoms with Crippen LogP contribution in [0.5, 0.6) is 0 Å². The van der Waals surface area contributed by atoms with Gasteiger partial charge in [-0.05, 0) is 30.0 Å². The van der Waals surface area contributed by atoms with Crippen LogP contribution in [-0.2, 0) is 0 Å². The summed E-state index contributed by atoms with van der Waals surface area (Å²) in [6.45, 7) is 0.846. The minimum Gasteiger partial charge on any atom is -0.313 e. The third-order valence-electron chi connectivity index (χ3n) is 4.09. The molecule has 1 aliphatic rings. The maximum Gasteiger partial charge on any atom is 0.164 e. The van der Waals surface area contributed by atoms with E-state index in [9.17, 15) is 9.18 Å². The molecule has 0 bridgehead atoms. The second-order valence-electron chi connectivity index (χ2n) is 5.58. The van der Waals surface area contributed by atoms with Crippen LogP contribution in [0.25, 0.3) is 0 Å². The van der Waals surface area contributed by atoms with Crippen molar-refractivity contribution < 1.29 is 9.18 Å². The summed E-state index contributed by atoms with van der Waals surface area (Å²) in [4.78, 5) is 12.2. The van der Waals surface area contributed by atoms with Crippen molar-refractivity contribution in [2.75, 3.05) is 6.54 Å². The smallest absolute Gasteiger partial charge is 0.164 e. The van der Waals surface area contributed by atoms with E-state index in [-0.39, 0.29) is 17.6 Å². The van der Waals surface area contributed by atoms with Crippen LogP contribution in [0.1, 0.15) is 34.7 Å². The van der Waals surface area contributed by atoms with Gasteiger partial charge < -0.3 is 5.32 Å². The average Bonchev–Trinajstić information content (AvgIpc) is 2.97. The van der Waals surface area contributed by atoms with Gasteiger partial charge in [-0.25, -0.2) is 4.39 Å². The minimum absolute atomic E-state index is 0.174. The predicted octanol–water partition coefficient (Wildman–Crippen LogP) is 3.54. The molecule has 1 aliphatic heterocycles. The zero-order valence-electron chi connectivity index (χ0n) is 11.8. The summed E-state index contributed by atoms with van der Waals surface area (Å²) in [6.07, 6.45) is 1.44. The monoisotopic (exact) mass is 283 g/mol. The number of carbonyl (C=O) groups is 1. The highest BCUT2D eigenvalue weighted by Crippen LogP contribution is 2.27. The highest BCUT2D eigenvalue weighted by atomic mass is 19.1. The lowest BCUT2D eigenvalue weighted by Gasteiger charge is -2.10. The summed E-state index contributed by atoms with van der Waals surface area (Å²) in [5.41, 5.74) is 1.91. The number of halogens is 1. The molecule has 0 aliphatic carbocycles. The SMILES string of the molecule is O=C(CC1CC(c2ccc(F)cc2)CN1)c1ccccc1. The number of hydrogen-bond acceptors (Lipinski definition) is 2. The van der Waals surface area contributed by atoms with Gasteiger partial charge in [0, 0.05) is 24.6 Å². The van der Waals surface area contributed by atoms with Crippen LogP contribution >= 0.6 is 0 Å². The molecular weight excluding hydrogens is 265 g/mol. The first-order chi connectivity index (χ1) is 10.2. The van der Waals surface area contributed by atoms with Gasteiger partial charge in [-0.2, -0.15) is 0 Å². The van der Waals surface area contributed by atoms with E-state index in [1.54, 1.807) is 0 Å². The third kappa shape index (κ3) is 3.37. The Kier molecular flexibility index (Phi) is 4.11. The Balaban J connectivity index is 1.60. The van der Waals surface area contributed by atoms with E-state index in [0.717, 1.165) is 24.1 Å². The minimum atomic E-state index is -0.208. The van der Waals surface area contributed by atoms with Gasteiger partial charge >= 0.3 is 0 Å². The molecule has 2 aromatic rings. The molecule has 0 saturated carbocycles. The summed E-state index contributed by atoms with van der Waals surface area (Å²) in [6, 6.07) is 16.3. The van der Waals surface area contributed by atoms with E-state index in [1.807, 2.05) is 42.5 Å². The maximum absolute atomic E-state index is 12.9. The van der Waals surface area contributed by atoms with Gasteiger partial charge in [0.15, 0.2) is 5.78 Å². The van der Waals surface area contributed by atoms with E-state index >= 15 is 0 Å². The molecule has 0 spiro atoms. The fourth-order valence-electron chi connectivity index (χ4n) is 2.93. The molecule has 1 heterocycles. The largest absolute Gasteiger partial charge is 0.313 e. The van der Waals surface area contributed by atoms with E-state index in [2.05, 4.69) is 5.32 Å². The van der Waals surface area contributed by atoms with Crippen molar-refractivity contribution in [1.82, 2.24) is 5.32 Å². The van der Waals surface area contributed by atoms with E-state index in [4.69, 9.17) is 0 Å². The van der Waals surface area contributed by atoms with Crippen LogP contribution in [0, 0.1) is 5.82 Å². The highest BCUT2D eigenvalue weighted by molar-refractivity contribution is 5.96. The molecule has 108 valence electrons. The number of hydrogen-bond donors (Lipinski definition) is 1. The Morgan fingerprint density at radius 2 is 1.81 bits per heavy atom. The standard InChI is InChI=1S/C18H18FNO/c19-16-8-6-13(7-9-16)15-10-17(20-12-15)11-18(21)14-4-2-1-3-5-14/h1-9,15,17,20H,10-12H2. The maximum atomic E-state index is 12.9. The summed E-state index contributed by atoms with van der Waals surface area (Å²) >= 11 is 0. The van der Waals surface area contributed by atoms with E-state index in [0.29, 0.717) is 12.3 Å². The van der Waals surface area contributed by atoms with Crippen LogP contribution in [0.15, 0.2) is 54.6 Å². The number of ketones is 1. The van der Waals surface area contributed by atoms with Crippen LogP contribution in [-0.4, -0.2) is 18.4 Å². The van der Waals surface area contributed by atoms with Gasteiger partial charge in [0.05, 0.1) is 0 Å². The van der Waals surface area contributed by atoms with Crippen molar-refractivity contribution in [3.05, 3.63) is 71.5 Å². The lowest BCUT2D eigenvalue weighted by Crippen LogP contribution is -2.24. The number of rotatable bonds is 4.